The van der Waals surface area contributed by atoms with Crippen LogP contribution in [-0.4, -0.2) is 86.6 Å². The first-order valence-electron chi connectivity index (χ1n) is 14.8. The number of benzene rings is 3. The van der Waals surface area contributed by atoms with Crippen LogP contribution >= 0.6 is 23.2 Å². The lowest BCUT2D eigenvalue weighted by molar-refractivity contribution is -0.133. The van der Waals surface area contributed by atoms with Crippen LogP contribution in [-0.2, 0) is 14.3 Å². The number of carbonyl (C=O) groups is 3. The predicted octanol–water partition coefficient (Wildman–Crippen LogP) is 4.81. The minimum Gasteiger partial charge on any atom is -0.482 e. The fourth-order valence-electron chi connectivity index (χ4n) is 5.50. The molecule has 1 aliphatic carbocycles. The number of rotatable bonds is 9. The standard InChI is InChI=1S/C33H34Cl2N4O5/c1-37(31(40)19-39-28-16-26(34)27(35)17-30(28)44-20-32(39)41)29(18-38-11-13-43-14-12-38)22-7-5-21(6-8-22)23-3-2-4-24(15-23)33(42)36-25-9-10-25/h2-8,15-17,25,29H,9-14,18-20H2,1H3,(H,36,42). The lowest BCUT2D eigenvalue weighted by atomic mass is 9.98. The summed E-state index contributed by atoms with van der Waals surface area (Å²) in [7, 11) is 1.77. The molecule has 2 aliphatic heterocycles. The number of halogens is 2. The third-order valence-corrected chi connectivity index (χ3v) is 9.02. The average Bonchev–Trinajstić information content (AvgIpc) is 3.86. The van der Waals surface area contributed by atoms with Gasteiger partial charge in [-0.25, -0.2) is 0 Å². The second-order valence-electron chi connectivity index (χ2n) is 11.4. The zero-order valence-corrected chi connectivity index (χ0v) is 25.9. The summed E-state index contributed by atoms with van der Waals surface area (Å²) in [4.78, 5) is 44.7. The van der Waals surface area contributed by atoms with Crippen molar-refractivity contribution in [3.8, 4) is 16.9 Å². The molecule has 6 rings (SSSR count). The third-order valence-electron chi connectivity index (χ3n) is 8.30. The number of amides is 3. The van der Waals surface area contributed by atoms with Crippen molar-refractivity contribution in [2.24, 2.45) is 0 Å². The number of fused-ring (bicyclic) bond motifs is 1. The van der Waals surface area contributed by atoms with Crippen LogP contribution in [0.1, 0.15) is 34.8 Å². The predicted molar refractivity (Wildman–Crippen MR) is 169 cm³/mol. The van der Waals surface area contributed by atoms with Gasteiger partial charge < -0.3 is 19.7 Å². The van der Waals surface area contributed by atoms with Gasteiger partial charge in [0.15, 0.2) is 6.61 Å². The molecule has 1 N–H and O–H groups in total. The van der Waals surface area contributed by atoms with Gasteiger partial charge in [-0.05, 0) is 47.7 Å². The monoisotopic (exact) mass is 636 g/mol. The molecule has 3 amide bonds. The molecule has 44 heavy (non-hydrogen) atoms. The fraction of sp³-hybridized carbons (Fsp3) is 0.364. The Bertz CT molecular complexity index is 1560. The Morgan fingerprint density at radius 2 is 1.73 bits per heavy atom. The Morgan fingerprint density at radius 3 is 2.45 bits per heavy atom. The molecule has 2 heterocycles. The number of ether oxygens (including phenoxy) is 2. The molecule has 1 saturated heterocycles. The number of hydrogen-bond donors (Lipinski definition) is 1. The van der Waals surface area contributed by atoms with Gasteiger partial charge in [0.1, 0.15) is 12.3 Å². The number of likely N-dealkylation sites (N-methyl/N-ethyl adjacent to an activating group) is 1. The summed E-state index contributed by atoms with van der Waals surface area (Å²) in [6.07, 6.45) is 2.07. The van der Waals surface area contributed by atoms with Crippen LogP contribution in [0, 0.1) is 0 Å². The molecule has 9 nitrogen and oxygen atoms in total. The van der Waals surface area contributed by atoms with Crippen molar-refractivity contribution in [2.45, 2.75) is 24.9 Å². The van der Waals surface area contributed by atoms with E-state index in [9.17, 15) is 14.4 Å². The average molecular weight is 638 g/mol. The molecule has 0 bridgehead atoms. The number of nitrogens with one attached hydrogen (secondary N) is 1. The Balaban J connectivity index is 1.23. The van der Waals surface area contributed by atoms with Crippen molar-refractivity contribution in [3.05, 3.63) is 81.8 Å². The Labute approximate surface area is 266 Å². The second kappa shape index (κ2) is 13.2. The second-order valence-corrected chi connectivity index (χ2v) is 12.2. The summed E-state index contributed by atoms with van der Waals surface area (Å²) in [5.41, 5.74) is 3.93. The normalized spacial score (nSPS) is 17.4. The highest BCUT2D eigenvalue weighted by molar-refractivity contribution is 6.42. The van der Waals surface area contributed by atoms with Crippen molar-refractivity contribution in [1.29, 1.82) is 0 Å². The van der Waals surface area contributed by atoms with Crippen molar-refractivity contribution in [1.82, 2.24) is 15.1 Å². The van der Waals surface area contributed by atoms with Gasteiger partial charge in [0.2, 0.25) is 5.91 Å². The van der Waals surface area contributed by atoms with Crippen LogP contribution in [0.5, 0.6) is 5.75 Å². The van der Waals surface area contributed by atoms with Crippen molar-refractivity contribution >= 4 is 46.6 Å². The maximum atomic E-state index is 13.8. The summed E-state index contributed by atoms with van der Waals surface area (Å²) >= 11 is 12.4. The topological polar surface area (TPSA) is 91.4 Å². The largest absolute Gasteiger partial charge is 0.482 e. The lowest BCUT2D eigenvalue weighted by Gasteiger charge is -2.37. The lowest BCUT2D eigenvalue weighted by Crippen LogP contribution is -2.48. The molecular formula is C33H34Cl2N4O5. The first-order valence-corrected chi connectivity index (χ1v) is 15.5. The number of carbonyl (C=O) groups excluding carboxylic acids is 3. The number of anilines is 1. The van der Waals surface area contributed by atoms with E-state index >= 15 is 0 Å². The molecule has 1 unspecified atom stereocenters. The number of nitrogens with zero attached hydrogens (tertiary/aromatic N) is 3. The van der Waals surface area contributed by atoms with Crippen LogP contribution in [0.15, 0.2) is 60.7 Å². The van der Waals surface area contributed by atoms with E-state index in [1.165, 1.54) is 4.90 Å². The van der Waals surface area contributed by atoms with E-state index in [0.29, 0.717) is 47.8 Å². The van der Waals surface area contributed by atoms with E-state index in [1.54, 1.807) is 24.1 Å². The summed E-state index contributed by atoms with van der Waals surface area (Å²) < 4.78 is 11.1. The van der Waals surface area contributed by atoms with E-state index in [1.807, 2.05) is 48.5 Å². The molecule has 11 heteroatoms. The molecule has 3 aliphatic rings. The first kappa shape index (κ1) is 30.4. The molecule has 0 spiro atoms. The van der Waals surface area contributed by atoms with Gasteiger partial charge >= 0.3 is 0 Å². The molecule has 230 valence electrons. The Kier molecular flexibility index (Phi) is 9.09. The molecule has 1 saturated carbocycles. The molecular weight excluding hydrogens is 603 g/mol. The third kappa shape index (κ3) is 6.86. The molecule has 0 aromatic heterocycles. The number of hydrogen-bond acceptors (Lipinski definition) is 6. The van der Waals surface area contributed by atoms with Gasteiger partial charge in [0.05, 0.1) is 35.0 Å². The summed E-state index contributed by atoms with van der Waals surface area (Å²) in [5, 5.41) is 3.63. The Hall–Kier alpha value is -3.63. The van der Waals surface area contributed by atoms with E-state index in [4.69, 9.17) is 32.7 Å². The van der Waals surface area contributed by atoms with Gasteiger partial charge in [0.25, 0.3) is 11.8 Å². The maximum Gasteiger partial charge on any atom is 0.265 e. The van der Waals surface area contributed by atoms with Crippen LogP contribution in [0.3, 0.4) is 0 Å². The summed E-state index contributed by atoms with van der Waals surface area (Å²) in [6.45, 7) is 3.05. The summed E-state index contributed by atoms with van der Waals surface area (Å²) in [5.74, 6) is -0.207. The minimum atomic E-state index is -0.334. The zero-order valence-electron chi connectivity index (χ0n) is 24.4. The van der Waals surface area contributed by atoms with Gasteiger partial charge in [0, 0.05) is 44.4 Å². The highest BCUT2D eigenvalue weighted by Gasteiger charge is 2.32. The number of morpholine rings is 1. The minimum absolute atomic E-state index is 0.0524. The SMILES string of the molecule is CN(C(=O)CN1C(=O)COc2cc(Cl)c(Cl)cc21)C(CN1CCOCC1)c1ccc(-c2cccc(C(=O)NC3CC3)c2)cc1. The highest BCUT2D eigenvalue weighted by Crippen LogP contribution is 2.39. The first-order chi connectivity index (χ1) is 21.3. The van der Waals surface area contributed by atoms with E-state index in [-0.39, 0.29) is 41.9 Å². The zero-order chi connectivity index (χ0) is 30.8. The molecule has 3 aromatic rings. The van der Waals surface area contributed by atoms with Gasteiger partial charge in [-0.3, -0.25) is 24.2 Å². The Morgan fingerprint density at radius 1 is 1.00 bits per heavy atom. The highest BCUT2D eigenvalue weighted by atomic mass is 35.5. The molecule has 3 aromatic carbocycles. The van der Waals surface area contributed by atoms with Crippen LogP contribution in [0.25, 0.3) is 11.1 Å². The van der Waals surface area contributed by atoms with Gasteiger partial charge in [-0.2, -0.15) is 0 Å². The molecule has 0 radical (unpaired) electrons. The summed E-state index contributed by atoms with van der Waals surface area (Å²) in [6, 6.07) is 18.8. The van der Waals surface area contributed by atoms with E-state index < -0.39 is 0 Å². The van der Waals surface area contributed by atoms with Crippen molar-refractivity contribution in [2.75, 3.05) is 57.9 Å². The molecule has 1 atom stereocenters. The van der Waals surface area contributed by atoms with Gasteiger partial charge in [-0.1, -0.05) is 59.6 Å². The fourth-order valence-corrected chi connectivity index (χ4v) is 5.82. The van der Waals surface area contributed by atoms with Gasteiger partial charge in [-0.15, -0.1) is 0 Å². The maximum absolute atomic E-state index is 13.8. The van der Waals surface area contributed by atoms with Crippen LogP contribution in [0.2, 0.25) is 10.0 Å². The van der Waals surface area contributed by atoms with Crippen LogP contribution in [0.4, 0.5) is 5.69 Å². The van der Waals surface area contributed by atoms with Crippen LogP contribution < -0.4 is 15.0 Å². The van der Waals surface area contributed by atoms with Crippen molar-refractivity contribution < 1.29 is 23.9 Å². The van der Waals surface area contributed by atoms with Crippen molar-refractivity contribution in [3.63, 3.8) is 0 Å². The smallest absolute Gasteiger partial charge is 0.265 e. The molecule has 2 fully saturated rings. The quantitative estimate of drug-likeness (QED) is 0.363. The van der Waals surface area contributed by atoms with E-state index in [2.05, 4.69) is 10.2 Å². The van der Waals surface area contributed by atoms with E-state index in [0.717, 1.165) is 42.6 Å².